The molecular weight excluding hydrogens is 388 g/mol. The van der Waals surface area contributed by atoms with E-state index in [-0.39, 0.29) is 17.2 Å². The van der Waals surface area contributed by atoms with Gasteiger partial charge in [0.2, 0.25) is 5.95 Å². The summed E-state index contributed by atoms with van der Waals surface area (Å²) in [7, 11) is 1.65. The van der Waals surface area contributed by atoms with Crippen LogP contribution in [0.5, 0.6) is 5.75 Å². The van der Waals surface area contributed by atoms with Crippen molar-refractivity contribution >= 4 is 11.7 Å². The van der Waals surface area contributed by atoms with Crippen molar-refractivity contribution in [3.05, 3.63) is 70.9 Å². The topological polar surface area (TPSA) is 69.0 Å². The SMILES string of the molecule is COc1ccc(-c2nc3n(n2)C(c2ccc(C)cc2)C2=C(CC(C)(C)CC2=O)N3)cc1. The predicted octanol–water partition coefficient (Wildman–Crippen LogP) is 4.92. The standard InChI is InChI=1S/C25H26N4O2/c1-15-5-7-16(8-6-15)22-21-19(13-25(2,3)14-20(21)30)26-24-27-23(28-29(22)24)17-9-11-18(31-4)12-10-17/h5-12,22H,13-14H2,1-4H3,(H,26,27,28). The van der Waals surface area contributed by atoms with Gasteiger partial charge in [-0.1, -0.05) is 43.7 Å². The number of methoxy groups -OCH3 is 1. The molecular formula is C25H26N4O2. The Morgan fingerprint density at radius 3 is 2.45 bits per heavy atom. The van der Waals surface area contributed by atoms with E-state index in [0.717, 1.165) is 34.6 Å². The second-order valence-electron chi connectivity index (χ2n) is 9.20. The Morgan fingerprint density at radius 2 is 1.77 bits per heavy atom. The van der Waals surface area contributed by atoms with Gasteiger partial charge >= 0.3 is 0 Å². The number of carbonyl (C=O) groups is 1. The number of rotatable bonds is 3. The number of fused-ring (bicyclic) bond motifs is 1. The van der Waals surface area contributed by atoms with Gasteiger partial charge in [0.15, 0.2) is 11.6 Å². The second kappa shape index (κ2) is 7.08. The molecule has 1 aliphatic carbocycles. The average Bonchev–Trinajstić information content (AvgIpc) is 3.16. The molecule has 5 rings (SSSR count). The van der Waals surface area contributed by atoms with E-state index in [2.05, 4.69) is 50.4 Å². The van der Waals surface area contributed by atoms with Gasteiger partial charge in [0.1, 0.15) is 11.8 Å². The van der Waals surface area contributed by atoms with E-state index in [1.807, 2.05) is 28.9 Å². The number of allylic oxidation sites excluding steroid dienone is 2. The Hall–Kier alpha value is -3.41. The first-order valence-corrected chi connectivity index (χ1v) is 10.6. The summed E-state index contributed by atoms with van der Waals surface area (Å²) in [5.41, 5.74) is 4.81. The van der Waals surface area contributed by atoms with Gasteiger partial charge in [-0.3, -0.25) is 4.79 Å². The number of carbonyl (C=O) groups excluding carboxylic acids is 1. The van der Waals surface area contributed by atoms with Crippen LogP contribution in [0, 0.1) is 12.3 Å². The third kappa shape index (κ3) is 3.42. The molecule has 6 heteroatoms. The minimum atomic E-state index is -0.282. The largest absolute Gasteiger partial charge is 0.497 e. The van der Waals surface area contributed by atoms with E-state index < -0.39 is 0 Å². The van der Waals surface area contributed by atoms with Crippen molar-refractivity contribution in [2.75, 3.05) is 12.4 Å². The van der Waals surface area contributed by atoms with Gasteiger partial charge in [-0.2, -0.15) is 4.98 Å². The highest BCUT2D eigenvalue weighted by molar-refractivity contribution is 6.00. The summed E-state index contributed by atoms with van der Waals surface area (Å²) in [6.07, 6.45) is 1.34. The summed E-state index contributed by atoms with van der Waals surface area (Å²) in [5, 5.41) is 8.27. The van der Waals surface area contributed by atoms with Gasteiger partial charge in [-0.25, -0.2) is 4.68 Å². The minimum absolute atomic E-state index is 0.0816. The summed E-state index contributed by atoms with van der Waals surface area (Å²) in [5.74, 6) is 2.25. The summed E-state index contributed by atoms with van der Waals surface area (Å²) >= 11 is 0. The summed E-state index contributed by atoms with van der Waals surface area (Å²) in [6.45, 7) is 6.34. The fourth-order valence-electron chi connectivity index (χ4n) is 4.53. The molecule has 0 fully saturated rings. The lowest BCUT2D eigenvalue weighted by molar-refractivity contribution is -0.118. The first-order valence-electron chi connectivity index (χ1n) is 10.6. The molecule has 0 bridgehead atoms. The van der Waals surface area contributed by atoms with Crippen molar-refractivity contribution in [2.45, 2.75) is 39.7 Å². The number of hydrogen-bond acceptors (Lipinski definition) is 5. The molecule has 2 aliphatic rings. The van der Waals surface area contributed by atoms with Crippen LogP contribution in [-0.4, -0.2) is 27.7 Å². The fourth-order valence-corrected chi connectivity index (χ4v) is 4.53. The molecule has 2 aromatic carbocycles. The third-order valence-electron chi connectivity index (χ3n) is 6.07. The number of nitrogens with one attached hydrogen (secondary N) is 1. The van der Waals surface area contributed by atoms with Crippen molar-refractivity contribution in [1.29, 1.82) is 0 Å². The number of aryl methyl sites for hydroxylation is 1. The molecule has 0 spiro atoms. The van der Waals surface area contributed by atoms with Crippen LogP contribution in [0.1, 0.15) is 43.9 Å². The Kier molecular flexibility index (Phi) is 4.46. The summed E-state index contributed by atoms with van der Waals surface area (Å²) in [6, 6.07) is 15.7. The molecule has 1 aliphatic heterocycles. The zero-order valence-electron chi connectivity index (χ0n) is 18.3. The lowest BCUT2D eigenvalue weighted by Gasteiger charge is -2.38. The average molecular weight is 415 g/mol. The number of aromatic nitrogens is 3. The number of Topliss-reactive ketones (excluding diaryl/α,β-unsaturated/α-hetero) is 1. The van der Waals surface area contributed by atoms with Gasteiger partial charge in [0.05, 0.1) is 7.11 Å². The number of nitrogens with zero attached hydrogens (tertiary/aromatic N) is 3. The maximum absolute atomic E-state index is 13.3. The lowest BCUT2D eigenvalue weighted by Crippen LogP contribution is -2.36. The molecule has 0 amide bonds. The number of benzene rings is 2. The van der Waals surface area contributed by atoms with E-state index in [4.69, 9.17) is 14.8 Å². The van der Waals surface area contributed by atoms with E-state index in [1.165, 1.54) is 5.56 Å². The van der Waals surface area contributed by atoms with Crippen LogP contribution in [0.15, 0.2) is 59.8 Å². The lowest BCUT2D eigenvalue weighted by atomic mass is 9.73. The normalized spacial score (nSPS) is 19.5. The van der Waals surface area contributed by atoms with E-state index in [0.29, 0.717) is 18.2 Å². The molecule has 1 unspecified atom stereocenters. The molecule has 2 heterocycles. The maximum Gasteiger partial charge on any atom is 0.226 e. The molecule has 1 N–H and O–H groups in total. The Balaban J connectivity index is 1.64. The van der Waals surface area contributed by atoms with Crippen LogP contribution in [0.2, 0.25) is 0 Å². The van der Waals surface area contributed by atoms with Crippen molar-refractivity contribution < 1.29 is 9.53 Å². The zero-order valence-corrected chi connectivity index (χ0v) is 18.3. The van der Waals surface area contributed by atoms with E-state index in [1.54, 1.807) is 7.11 Å². The smallest absolute Gasteiger partial charge is 0.226 e. The third-order valence-corrected chi connectivity index (χ3v) is 6.07. The molecule has 158 valence electrons. The zero-order chi connectivity index (χ0) is 21.8. The summed E-state index contributed by atoms with van der Waals surface area (Å²) < 4.78 is 7.12. The second-order valence-corrected chi connectivity index (χ2v) is 9.20. The molecule has 6 nitrogen and oxygen atoms in total. The highest BCUT2D eigenvalue weighted by atomic mass is 16.5. The van der Waals surface area contributed by atoms with Crippen LogP contribution in [0.3, 0.4) is 0 Å². The highest BCUT2D eigenvalue weighted by Crippen LogP contribution is 2.45. The molecule has 0 saturated heterocycles. The van der Waals surface area contributed by atoms with Crippen molar-refractivity contribution in [3.63, 3.8) is 0 Å². The summed E-state index contributed by atoms with van der Waals surface area (Å²) in [4.78, 5) is 18.1. The molecule has 31 heavy (non-hydrogen) atoms. The Morgan fingerprint density at radius 1 is 1.06 bits per heavy atom. The minimum Gasteiger partial charge on any atom is -0.497 e. The van der Waals surface area contributed by atoms with Gasteiger partial charge < -0.3 is 10.1 Å². The maximum atomic E-state index is 13.3. The predicted molar refractivity (Wildman–Crippen MR) is 120 cm³/mol. The van der Waals surface area contributed by atoms with Crippen LogP contribution >= 0.6 is 0 Å². The molecule has 1 atom stereocenters. The molecule has 3 aromatic rings. The van der Waals surface area contributed by atoms with Crippen LogP contribution < -0.4 is 10.1 Å². The van der Waals surface area contributed by atoms with E-state index >= 15 is 0 Å². The number of ether oxygens (including phenoxy) is 1. The molecule has 0 saturated carbocycles. The van der Waals surface area contributed by atoms with Gasteiger partial charge in [-0.05, 0) is 48.6 Å². The van der Waals surface area contributed by atoms with Crippen LogP contribution in [-0.2, 0) is 4.79 Å². The van der Waals surface area contributed by atoms with Crippen LogP contribution in [0.25, 0.3) is 11.4 Å². The number of ketones is 1. The van der Waals surface area contributed by atoms with Crippen LogP contribution in [0.4, 0.5) is 5.95 Å². The van der Waals surface area contributed by atoms with Gasteiger partial charge in [0.25, 0.3) is 0 Å². The van der Waals surface area contributed by atoms with E-state index in [9.17, 15) is 4.79 Å². The Labute approximate surface area is 182 Å². The number of hydrogen-bond donors (Lipinski definition) is 1. The monoisotopic (exact) mass is 414 g/mol. The van der Waals surface area contributed by atoms with Gasteiger partial charge in [-0.15, -0.1) is 5.10 Å². The van der Waals surface area contributed by atoms with Gasteiger partial charge in [0, 0.05) is 23.3 Å². The fraction of sp³-hybridized carbons (Fsp3) is 0.320. The quantitative estimate of drug-likeness (QED) is 0.659. The first-order chi connectivity index (χ1) is 14.8. The number of anilines is 1. The van der Waals surface area contributed by atoms with Crippen molar-refractivity contribution in [1.82, 2.24) is 14.8 Å². The molecule has 1 aromatic heterocycles. The molecule has 0 radical (unpaired) electrons. The van der Waals surface area contributed by atoms with Crippen molar-refractivity contribution in [2.24, 2.45) is 5.41 Å². The first kappa shape index (κ1) is 19.5. The van der Waals surface area contributed by atoms with Crippen molar-refractivity contribution in [3.8, 4) is 17.1 Å². The highest BCUT2D eigenvalue weighted by Gasteiger charge is 2.41. The Bertz CT molecular complexity index is 1190.